The van der Waals surface area contributed by atoms with Gasteiger partial charge in [-0.1, -0.05) is 103 Å². The third-order valence-electron chi connectivity index (χ3n) is 10.1. The average Bonchev–Trinajstić information content (AvgIpc) is 3.59. The third kappa shape index (κ3) is 3.40. The van der Waals surface area contributed by atoms with Crippen LogP contribution in [0.25, 0.3) is 65.9 Å². The van der Waals surface area contributed by atoms with Gasteiger partial charge >= 0.3 is 0 Å². The molecular formula is C43H30N2. The van der Waals surface area contributed by atoms with Gasteiger partial charge in [0.05, 0.1) is 27.9 Å². The van der Waals surface area contributed by atoms with E-state index in [0.29, 0.717) is 0 Å². The zero-order valence-corrected chi connectivity index (χ0v) is 25.1. The predicted molar refractivity (Wildman–Crippen MR) is 191 cm³/mol. The number of aromatic nitrogens is 1. The molecule has 1 aliphatic carbocycles. The van der Waals surface area contributed by atoms with Crippen LogP contribution < -0.4 is 4.90 Å². The Balaban J connectivity index is 1.14. The first kappa shape index (κ1) is 24.8. The van der Waals surface area contributed by atoms with E-state index in [4.69, 9.17) is 0 Å². The molecule has 0 saturated carbocycles. The molecular weight excluding hydrogens is 544 g/mol. The lowest BCUT2D eigenvalue weighted by Crippen LogP contribution is -2.35. The van der Waals surface area contributed by atoms with Crippen molar-refractivity contribution in [3.63, 3.8) is 0 Å². The van der Waals surface area contributed by atoms with Gasteiger partial charge in [0.1, 0.15) is 0 Å². The van der Waals surface area contributed by atoms with E-state index in [1.54, 1.807) is 0 Å². The van der Waals surface area contributed by atoms with Crippen molar-refractivity contribution in [1.29, 1.82) is 0 Å². The molecule has 10 rings (SSSR count). The highest BCUT2D eigenvalue weighted by Gasteiger charge is 2.35. The summed E-state index contributed by atoms with van der Waals surface area (Å²) in [7, 11) is 0. The number of para-hydroxylation sites is 1. The summed E-state index contributed by atoms with van der Waals surface area (Å²) in [5.74, 6) is 0. The molecule has 0 spiro atoms. The van der Waals surface area contributed by atoms with Crippen LogP contribution in [0, 0.1) is 0 Å². The van der Waals surface area contributed by atoms with E-state index in [1.165, 1.54) is 94.1 Å². The Labute approximate surface area is 262 Å². The van der Waals surface area contributed by atoms with Crippen molar-refractivity contribution >= 4 is 49.4 Å². The minimum atomic E-state index is 1.04. The van der Waals surface area contributed by atoms with E-state index in [1.807, 2.05) is 0 Å². The van der Waals surface area contributed by atoms with Crippen LogP contribution in [0.3, 0.4) is 0 Å². The zero-order valence-electron chi connectivity index (χ0n) is 25.1. The highest BCUT2D eigenvalue weighted by Crippen LogP contribution is 2.49. The fourth-order valence-corrected chi connectivity index (χ4v) is 7.94. The first-order chi connectivity index (χ1) is 22.1. The molecule has 0 atom stereocenters. The van der Waals surface area contributed by atoms with Crippen LogP contribution in [-0.4, -0.2) is 4.40 Å². The van der Waals surface area contributed by atoms with Gasteiger partial charge in [0.15, 0.2) is 0 Å². The van der Waals surface area contributed by atoms with E-state index in [-0.39, 0.29) is 0 Å². The van der Waals surface area contributed by atoms with Gasteiger partial charge in [0, 0.05) is 38.4 Å². The van der Waals surface area contributed by atoms with E-state index in [0.717, 1.165) is 18.4 Å². The smallest absolute Gasteiger partial charge is 0.0620 e. The van der Waals surface area contributed by atoms with Crippen molar-refractivity contribution in [1.82, 2.24) is 4.40 Å². The van der Waals surface area contributed by atoms with Crippen LogP contribution in [0.1, 0.15) is 25.3 Å². The number of hydrogen-bond donors (Lipinski definition) is 0. The molecule has 0 amide bonds. The molecule has 45 heavy (non-hydrogen) atoms. The zero-order chi connectivity index (χ0) is 29.8. The van der Waals surface area contributed by atoms with Crippen LogP contribution in [0.5, 0.6) is 0 Å². The Hall–Kier alpha value is -5.60. The van der Waals surface area contributed by atoms with Crippen molar-refractivity contribution in [2.45, 2.75) is 19.8 Å². The van der Waals surface area contributed by atoms with Crippen molar-refractivity contribution in [3.05, 3.63) is 162 Å². The Bertz CT molecular complexity index is 2550. The molecule has 2 aromatic heterocycles. The van der Waals surface area contributed by atoms with Gasteiger partial charge in [-0.15, -0.1) is 0 Å². The number of anilines is 1. The predicted octanol–water partition coefficient (Wildman–Crippen LogP) is 11.5. The molecule has 0 unspecified atom stereocenters. The summed E-state index contributed by atoms with van der Waals surface area (Å²) < 4.78 is 2.47. The lowest BCUT2D eigenvalue weighted by atomic mass is 9.84. The standard InChI is InChI=1S/C43H30N2/c1-26-14-19-41-37(22-26)38-13-6-8-27(2)35-23-29(16-20-39(35)44(38)41)30-17-21-40-36(24-30)34-12-7-11-33-32-18-15-31(28-9-4-3-5-10-28)25-42(32)45(40)43(33)34/h3-13,15-18,20-25H,2,14,19H2,1H3/b8-6-,38-13-. The van der Waals surface area contributed by atoms with E-state index in [2.05, 4.69) is 150 Å². The average molecular weight is 575 g/mol. The molecule has 2 heteroatoms. The Morgan fingerprint density at radius 1 is 0.644 bits per heavy atom. The minimum Gasteiger partial charge on any atom is -0.312 e. The van der Waals surface area contributed by atoms with Gasteiger partial charge in [-0.3, -0.25) is 0 Å². The number of hydrogen-bond acceptors (Lipinski definition) is 1. The minimum absolute atomic E-state index is 1.04. The lowest BCUT2D eigenvalue weighted by molar-refractivity contribution is 0.797. The third-order valence-corrected chi connectivity index (χ3v) is 10.1. The van der Waals surface area contributed by atoms with Crippen molar-refractivity contribution in [2.24, 2.45) is 0 Å². The molecule has 0 fully saturated rings. The molecule has 0 N–H and O–H groups in total. The number of allylic oxidation sites excluding steroid dienone is 7. The van der Waals surface area contributed by atoms with Gasteiger partial charge < -0.3 is 9.30 Å². The maximum Gasteiger partial charge on any atom is 0.0620 e. The van der Waals surface area contributed by atoms with Gasteiger partial charge in [0.25, 0.3) is 0 Å². The summed E-state index contributed by atoms with van der Waals surface area (Å²) in [5.41, 5.74) is 17.8. The van der Waals surface area contributed by atoms with E-state index < -0.39 is 0 Å². The summed E-state index contributed by atoms with van der Waals surface area (Å²) in [4.78, 5) is 2.46. The van der Waals surface area contributed by atoms with Gasteiger partial charge in [-0.25, -0.2) is 0 Å². The van der Waals surface area contributed by atoms with Crippen LogP contribution >= 0.6 is 0 Å². The monoisotopic (exact) mass is 574 g/mol. The fourth-order valence-electron chi connectivity index (χ4n) is 7.94. The van der Waals surface area contributed by atoms with E-state index >= 15 is 0 Å². The van der Waals surface area contributed by atoms with Gasteiger partial charge in [-0.2, -0.15) is 0 Å². The van der Waals surface area contributed by atoms with Crippen molar-refractivity contribution in [2.75, 3.05) is 4.90 Å². The van der Waals surface area contributed by atoms with Crippen LogP contribution in [0.2, 0.25) is 0 Å². The summed E-state index contributed by atoms with van der Waals surface area (Å²) in [5, 5.41) is 5.20. The molecule has 0 saturated heterocycles. The molecule has 3 aliphatic rings. The number of benzene rings is 5. The second-order valence-electron chi connectivity index (χ2n) is 12.7. The largest absolute Gasteiger partial charge is 0.312 e. The van der Waals surface area contributed by atoms with Gasteiger partial charge in [0.2, 0.25) is 0 Å². The quantitative estimate of drug-likeness (QED) is 0.199. The molecule has 7 aromatic rings. The van der Waals surface area contributed by atoms with Gasteiger partial charge in [-0.05, 0) is 84.0 Å². The first-order valence-electron chi connectivity index (χ1n) is 15.8. The topological polar surface area (TPSA) is 7.65 Å². The summed E-state index contributed by atoms with van der Waals surface area (Å²) in [6, 6.07) is 38.3. The number of rotatable bonds is 2. The summed E-state index contributed by atoms with van der Waals surface area (Å²) >= 11 is 0. The highest BCUT2D eigenvalue weighted by atomic mass is 15.2. The summed E-state index contributed by atoms with van der Waals surface area (Å²) in [6.45, 7) is 6.72. The first-order valence-corrected chi connectivity index (χ1v) is 15.8. The maximum atomic E-state index is 4.48. The van der Waals surface area contributed by atoms with Crippen LogP contribution in [0.4, 0.5) is 5.69 Å². The normalized spacial score (nSPS) is 17.9. The molecule has 5 aromatic carbocycles. The molecule has 2 aliphatic heterocycles. The van der Waals surface area contributed by atoms with Crippen LogP contribution in [-0.2, 0) is 0 Å². The fraction of sp³-hybridized carbons (Fsp3) is 0.0698. The molecule has 4 heterocycles. The van der Waals surface area contributed by atoms with Crippen molar-refractivity contribution < 1.29 is 0 Å². The molecule has 0 bridgehead atoms. The number of nitrogens with zero attached hydrogens (tertiary/aromatic N) is 2. The van der Waals surface area contributed by atoms with Crippen LogP contribution in [0.15, 0.2) is 157 Å². The maximum absolute atomic E-state index is 4.48. The SMILES string of the molecule is C=C1/C=C\C=C2\C3=C(CCC(C)=C3)N2c2ccc(-c3ccc4c(c3)c3cccc5c6ccc(-c7ccccc7)cc6n4c35)cc21. The molecule has 212 valence electrons. The Morgan fingerprint density at radius 3 is 2.31 bits per heavy atom. The molecule has 0 radical (unpaired) electrons. The summed E-state index contributed by atoms with van der Waals surface area (Å²) in [6.07, 6.45) is 11.1. The lowest BCUT2D eigenvalue weighted by Gasteiger charge is -2.44. The van der Waals surface area contributed by atoms with Crippen molar-refractivity contribution in [3.8, 4) is 22.3 Å². The highest BCUT2D eigenvalue weighted by molar-refractivity contribution is 6.23. The van der Waals surface area contributed by atoms with E-state index in [9.17, 15) is 0 Å². The second-order valence-corrected chi connectivity index (χ2v) is 12.7. The Morgan fingerprint density at radius 2 is 1.42 bits per heavy atom. The second kappa shape index (κ2) is 8.97. The Kier molecular flexibility index (Phi) is 4.94. The molecule has 2 nitrogen and oxygen atoms in total. The number of fused-ring (bicyclic) bond motifs is 11.